The Balaban J connectivity index is 1.68. The van der Waals surface area contributed by atoms with Gasteiger partial charge in [-0.2, -0.15) is 0 Å². The Morgan fingerprint density at radius 1 is 1.20 bits per heavy atom. The normalized spacial score (nSPS) is 10.5. The summed E-state index contributed by atoms with van der Waals surface area (Å²) in [7, 11) is 0. The van der Waals surface area contributed by atoms with Crippen LogP contribution >= 0.6 is 11.3 Å². The van der Waals surface area contributed by atoms with Gasteiger partial charge < -0.3 is 11.1 Å². The number of nitrogens with two attached hydrogens (primary N) is 1. The van der Waals surface area contributed by atoms with Crippen LogP contribution in [-0.4, -0.2) is 10.9 Å². The number of nitrogen functional groups attached to an aromatic ring is 1. The van der Waals surface area contributed by atoms with Crippen molar-refractivity contribution in [3.8, 4) is 0 Å². The minimum Gasteiger partial charge on any atom is -0.398 e. The molecule has 0 saturated carbocycles. The molecule has 1 amide bonds. The van der Waals surface area contributed by atoms with Gasteiger partial charge in [0.1, 0.15) is 0 Å². The number of nitrogens with zero attached hydrogens (tertiary/aromatic N) is 1. The summed E-state index contributed by atoms with van der Waals surface area (Å²) in [5, 5.41) is 8.63. The third-order valence-corrected chi connectivity index (χ3v) is 4.70. The smallest absolute Gasteiger partial charge is 0.259 e. The van der Waals surface area contributed by atoms with E-state index in [1.54, 1.807) is 6.07 Å². The van der Waals surface area contributed by atoms with Gasteiger partial charge in [0.15, 0.2) is 5.13 Å². The number of thiazole rings is 1. The summed E-state index contributed by atoms with van der Waals surface area (Å²) in [5.74, 6) is -0.245. The van der Waals surface area contributed by atoms with Crippen LogP contribution in [0, 0.1) is 13.8 Å². The highest BCUT2D eigenvalue weighted by atomic mass is 32.1. The molecule has 2 aromatic carbocycles. The molecule has 1 aromatic heterocycles. The monoisotopic (exact) mass is 352 g/mol. The van der Waals surface area contributed by atoms with Crippen LogP contribution < -0.4 is 16.4 Å². The molecule has 0 unspecified atom stereocenters. The van der Waals surface area contributed by atoms with Gasteiger partial charge in [0.2, 0.25) is 0 Å². The zero-order valence-corrected chi connectivity index (χ0v) is 15.0. The van der Waals surface area contributed by atoms with Crippen molar-refractivity contribution >= 4 is 33.8 Å². The second kappa shape index (κ2) is 7.36. The molecule has 0 aliphatic carbocycles. The number of rotatable bonds is 5. The lowest BCUT2D eigenvalue weighted by atomic mass is 10.1. The standard InChI is InChI=1S/C19H20N4OS/c1-12-5-3-4-6-17(12)21-10-14-7-8-15(16(20)9-14)18(24)23-19-22-13(2)11-25-19/h3-9,11,21H,10,20H2,1-2H3,(H,22,23,24). The summed E-state index contributed by atoms with van der Waals surface area (Å²) in [6.45, 7) is 4.59. The van der Waals surface area contributed by atoms with Gasteiger partial charge in [-0.15, -0.1) is 11.3 Å². The van der Waals surface area contributed by atoms with Crippen LogP contribution in [0.1, 0.15) is 27.2 Å². The summed E-state index contributed by atoms with van der Waals surface area (Å²) in [5.41, 5.74) is 11.1. The molecule has 0 bridgehead atoms. The third kappa shape index (κ3) is 4.16. The molecule has 1 heterocycles. The molecule has 0 saturated heterocycles. The fraction of sp³-hybridized carbons (Fsp3) is 0.158. The number of para-hydroxylation sites is 1. The SMILES string of the molecule is Cc1csc(NC(=O)c2ccc(CNc3ccccc3C)cc2N)n1. The van der Waals surface area contributed by atoms with Crippen LogP contribution in [0.2, 0.25) is 0 Å². The number of amides is 1. The maximum atomic E-state index is 12.3. The number of aryl methyl sites for hydroxylation is 2. The van der Waals surface area contributed by atoms with Crippen molar-refractivity contribution in [1.29, 1.82) is 0 Å². The first-order valence-corrected chi connectivity index (χ1v) is 8.82. The van der Waals surface area contributed by atoms with Crippen molar-refractivity contribution in [2.75, 3.05) is 16.4 Å². The van der Waals surface area contributed by atoms with Crippen LogP contribution in [0.5, 0.6) is 0 Å². The number of carbonyl (C=O) groups excluding carboxylic acids is 1. The molecule has 25 heavy (non-hydrogen) atoms. The number of hydrogen-bond acceptors (Lipinski definition) is 5. The van der Waals surface area contributed by atoms with Crippen molar-refractivity contribution in [3.05, 3.63) is 70.2 Å². The van der Waals surface area contributed by atoms with Crippen LogP contribution in [0.3, 0.4) is 0 Å². The average Bonchev–Trinajstić information content (AvgIpc) is 2.99. The Kier molecular flexibility index (Phi) is 5.00. The minimum atomic E-state index is -0.245. The molecular weight excluding hydrogens is 332 g/mol. The van der Waals surface area contributed by atoms with Crippen LogP contribution in [0.25, 0.3) is 0 Å². The predicted octanol–water partition coefficient (Wildman–Crippen LogP) is 4.21. The quantitative estimate of drug-likeness (QED) is 0.601. The second-order valence-electron chi connectivity index (χ2n) is 5.84. The minimum absolute atomic E-state index is 0.245. The topological polar surface area (TPSA) is 80.0 Å². The van der Waals surface area contributed by atoms with Crippen molar-refractivity contribution in [3.63, 3.8) is 0 Å². The summed E-state index contributed by atoms with van der Waals surface area (Å²) in [6, 6.07) is 13.6. The zero-order valence-electron chi connectivity index (χ0n) is 14.2. The van der Waals surface area contributed by atoms with E-state index < -0.39 is 0 Å². The number of benzene rings is 2. The lowest BCUT2D eigenvalue weighted by Crippen LogP contribution is -2.14. The van der Waals surface area contributed by atoms with Gasteiger partial charge in [-0.3, -0.25) is 10.1 Å². The largest absolute Gasteiger partial charge is 0.398 e. The molecule has 3 rings (SSSR count). The molecule has 4 N–H and O–H groups in total. The molecule has 0 radical (unpaired) electrons. The van der Waals surface area contributed by atoms with Gasteiger partial charge in [-0.25, -0.2) is 4.98 Å². The number of nitrogens with one attached hydrogen (secondary N) is 2. The van der Waals surface area contributed by atoms with E-state index >= 15 is 0 Å². The van der Waals surface area contributed by atoms with E-state index in [-0.39, 0.29) is 5.91 Å². The number of anilines is 3. The highest BCUT2D eigenvalue weighted by Gasteiger charge is 2.12. The van der Waals surface area contributed by atoms with Gasteiger partial charge in [-0.05, 0) is 43.2 Å². The van der Waals surface area contributed by atoms with Crippen LogP contribution in [0.15, 0.2) is 47.8 Å². The lowest BCUT2D eigenvalue weighted by molar-refractivity contribution is 0.102. The molecule has 0 atom stereocenters. The lowest BCUT2D eigenvalue weighted by Gasteiger charge is -2.11. The first-order chi connectivity index (χ1) is 12.0. The Morgan fingerprint density at radius 2 is 2.00 bits per heavy atom. The van der Waals surface area contributed by atoms with Crippen molar-refractivity contribution in [2.24, 2.45) is 0 Å². The molecule has 3 aromatic rings. The Morgan fingerprint density at radius 3 is 2.68 bits per heavy atom. The first-order valence-electron chi connectivity index (χ1n) is 7.94. The molecule has 0 aliphatic rings. The Hall–Kier alpha value is -2.86. The molecule has 5 nitrogen and oxygen atoms in total. The van der Waals surface area contributed by atoms with Gasteiger partial charge in [0.05, 0.1) is 11.3 Å². The Bertz CT molecular complexity index is 904. The summed E-state index contributed by atoms with van der Waals surface area (Å²) in [4.78, 5) is 16.6. The molecule has 6 heteroatoms. The van der Waals surface area contributed by atoms with Crippen molar-refractivity contribution in [2.45, 2.75) is 20.4 Å². The molecule has 0 spiro atoms. The molecule has 0 fully saturated rings. The highest BCUT2D eigenvalue weighted by molar-refractivity contribution is 7.13. The zero-order chi connectivity index (χ0) is 17.8. The maximum Gasteiger partial charge on any atom is 0.259 e. The van der Waals surface area contributed by atoms with Crippen LogP contribution in [-0.2, 0) is 6.54 Å². The first kappa shape index (κ1) is 17.0. The van der Waals surface area contributed by atoms with E-state index in [0.717, 1.165) is 16.9 Å². The third-order valence-electron chi connectivity index (χ3n) is 3.83. The average molecular weight is 352 g/mol. The van der Waals surface area contributed by atoms with E-state index in [0.29, 0.717) is 22.9 Å². The van der Waals surface area contributed by atoms with Crippen LogP contribution in [0.4, 0.5) is 16.5 Å². The number of hydrogen-bond donors (Lipinski definition) is 3. The van der Waals surface area contributed by atoms with Crippen molar-refractivity contribution < 1.29 is 4.79 Å². The van der Waals surface area contributed by atoms with Crippen molar-refractivity contribution in [1.82, 2.24) is 4.98 Å². The highest BCUT2D eigenvalue weighted by Crippen LogP contribution is 2.20. The predicted molar refractivity (Wildman–Crippen MR) is 104 cm³/mol. The summed E-state index contributed by atoms with van der Waals surface area (Å²) in [6.07, 6.45) is 0. The second-order valence-corrected chi connectivity index (χ2v) is 6.70. The van der Waals surface area contributed by atoms with Gasteiger partial charge in [0, 0.05) is 23.3 Å². The van der Waals surface area contributed by atoms with E-state index in [4.69, 9.17) is 5.73 Å². The van der Waals surface area contributed by atoms with Gasteiger partial charge in [-0.1, -0.05) is 24.3 Å². The van der Waals surface area contributed by atoms with E-state index in [9.17, 15) is 4.79 Å². The van der Waals surface area contributed by atoms with Gasteiger partial charge in [0.25, 0.3) is 5.91 Å². The van der Waals surface area contributed by atoms with E-state index in [1.165, 1.54) is 16.9 Å². The van der Waals surface area contributed by atoms with E-state index in [1.807, 2.05) is 42.6 Å². The Labute approximate surface area is 150 Å². The number of aromatic nitrogens is 1. The summed E-state index contributed by atoms with van der Waals surface area (Å²) >= 11 is 1.39. The van der Waals surface area contributed by atoms with E-state index in [2.05, 4.69) is 28.6 Å². The molecule has 0 aliphatic heterocycles. The van der Waals surface area contributed by atoms with Gasteiger partial charge >= 0.3 is 0 Å². The molecule has 128 valence electrons. The summed E-state index contributed by atoms with van der Waals surface area (Å²) < 4.78 is 0. The maximum absolute atomic E-state index is 12.3. The fourth-order valence-electron chi connectivity index (χ4n) is 2.47. The number of carbonyl (C=O) groups is 1. The molecular formula is C19H20N4OS. The fourth-order valence-corrected chi connectivity index (χ4v) is 3.16.